The van der Waals surface area contributed by atoms with Gasteiger partial charge < -0.3 is 10.1 Å². The zero-order chi connectivity index (χ0) is 13.9. The van der Waals surface area contributed by atoms with Gasteiger partial charge in [0.2, 0.25) is 0 Å². The first-order valence-corrected chi connectivity index (χ1v) is 8.15. The molecule has 2 fully saturated rings. The molecule has 2 heterocycles. The Bertz CT molecular complexity index is 420. The van der Waals surface area contributed by atoms with Gasteiger partial charge in [-0.05, 0) is 32.7 Å². The third kappa shape index (κ3) is 3.44. The Morgan fingerprint density at radius 3 is 2.89 bits per heavy atom. The molecule has 2 N–H and O–H groups in total. The Morgan fingerprint density at radius 1 is 1.47 bits per heavy atom. The Kier molecular flexibility index (Phi) is 4.77. The summed E-state index contributed by atoms with van der Waals surface area (Å²) in [6.45, 7) is 3.81. The van der Waals surface area contributed by atoms with Crippen LogP contribution in [0.5, 0.6) is 0 Å². The van der Waals surface area contributed by atoms with E-state index < -0.39 is 22.2 Å². The first-order valence-electron chi connectivity index (χ1n) is 6.71. The van der Waals surface area contributed by atoms with Crippen LogP contribution in [0, 0.1) is 0 Å². The first kappa shape index (κ1) is 14.7. The molecule has 0 amide bonds. The van der Waals surface area contributed by atoms with E-state index in [1.165, 1.54) is 4.31 Å². The summed E-state index contributed by atoms with van der Waals surface area (Å²) in [4.78, 5) is 11.8. The predicted octanol–water partition coefficient (Wildman–Crippen LogP) is -0.790. The highest BCUT2D eigenvalue weighted by molar-refractivity contribution is 7.87. The van der Waals surface area contributed by atoms with Gasteiger partial charge >= 0.3 is 5.97 Å². The normalized spacial score (nSPS) is 28.7. The van der Waals surface area contributed by atoms with Gasteiger partial charge in [0.1, 0.15) is 6.04 Å². The molecule has 2 aliphatic rings. The number of rotatable bonds is 5. The Labute approximate surface area is 113 Å². The zero-order valence-corrected chi connectivity index (χ0v) is 11.9. The van der Waals surface area contributed by atoms with Crippen LogP contribution in [0.4, 0.5) is 0 Å². The minimum absolute atomic E-state index is 0.0894. The molecule has 19 heavy (non-hydrogen) atoms. The van der Waals surface area contributed by atoms with Gasteiger partial charge in [0, 0.05) is 19.1 Å². The van der Waals surface area contributed by atoms with Crippen LogP contribution in [-0.2, 0) is 19.7 Å². The molecule has 2 atom stereocenters. The summed E-state index contributed by atoms with van der Waals surface area (Å²) in [5.41, 5.74) is 0. The molecule has 110 valence electrons. The Hall–Kier alpha value is -0.700. The fourth-order valence-electron chi connectivity index (χ4n) is 2.54. The van der Waals surface area contributed by atoms with E-state index >= 15 is 0 Å². The van der Waals surface area contributed by atoms with Crippen LogP contribution in [0.25, 0.3) is 0 Å². The van der Waals surface area contributed by atoms with Crippen LogP contribution in [0.3, 0.4) is 0 Å². The van der Waals surface area contributed by atoms with Crippen molar-refractivity contribution in [3.05, 3.63) is 0 Å². The zero-order valence-electron chi connectivity index (χ0n) is 11.1. The van der Waals surface area contributed by atoms with Crippen LogP contribution < -0.4 is 10.0 Å². The van der Waals surface area contributed by atoms with E-state index in [0.717, 1.165) is 13.0 Å². The summed E-state index contributed by atoms with van der Waals surface area (Å²) in [6.07, 6.45) is 1.99. The van der Waals surface area contributed by atoms with Crippen LogP contribution >= 0.6 is 0 Å². The fourth-order valence-corrected chi connectivity index (χ4v) is 4.19. The van der Waals surface area contributed by atoms with Gasteiger partial charge in [0.25, 0.3) is 10.2 Å². The van der Waals surface area contributed by atoms with Crippen LogP contribution in [-0.4, -0.2) is 57.0 Å². The fraction of sp³-hybridized carbons (Fsp3) is 0.909. The van der Waals surface area contributed by atoms with E-state index in [2.05, 4.69) is 10.0 Å². The van der Waals surface area contributed by atoms with Gasteiger partial charge in [-0.15, -0.1) is 0 Å². The van der Waals surface area contributed by atoms with Crippen molar-refractivity contribution in [2.45, 2.75) is 38.3 Å². The molecule has 8 heteroatoms. The van der Waals surface area contributed by atoms with Crippen molar-refractivity contribution in [1.82, 2.24) is 14.3 Å². The highest BCUT2D eigenvalue weighted by Gasteiger charge is 2.40. The Balaban J connectivity index is 2.03. The van der Waals surface area contributed by atoms with E-state index in [1.54, 1.807) is 6.92 Å². The molecular formula is C11H21N3O4S. The van der Waals surface area contributed by atoms with E-state index in [9.17, 15) is 13.2 Å². The molecule has 7 nitrogen and oxygen atoms in total. The minimum atomic E-state index is -3.61. The monoisotopic (exact) mass is 291 g/mol. The Morgan fingerprint density at radius 2 is 2.26 bits per heavy atom. The van der Waals surface area contributed by atoms with Gasteiger partial charge in [-0.3, -0.25) is 4.79 Å². The van der Waals surface area contributed by atoms with E-state index in [-0.39, 0.29) is 12.6 Å². The second-order valence-electron chi connectivity index (χ2n) is 4.83. The second-order valence-corrected chi connectivity index (χ2v) is 6.49. The number of carbonyl (C=O) groups is 1. The summed E-state index contributed by atoms with van der Waals surface area (Å²) in [5, 5.41) is 3.10. The lowest BCUT2D eigenvalue weighted by atomic mass is 10.2. The molecule has 1 unspecified atom stereocenters. The van der Waals surface area contributed by atoms with Gasteiger partial charge in [-0.2, -0.15) is 17.4 Å². The molecule has 2 saturated heterocycles. The summed E-state index contributed by atoms with van der Waals surface area (Å²) in [7, 11) is -3.61. The summed E-state index contributed by atoms with van der Waals surface area (Å²) < 4.78 is 33.4. The summed E-state index contributed by atoms with van der Waals surface area (Å²) in [5.74, 6) is -0.449. The molecule has 0 spiro atoms. The van der Waals surface area contributed by atoms with Crippen molar-refractivity contribution in [3.8, 4) is 0 Å². The molecule has 0 aromatic heterocycles. The van der Waals surface area contributed by atoms with E-state index in [4.69, 9.17) is 4.74 Å². The quantitative estimate of drug-likeness (QED) is 0.648. The molecule has 0 bridgehead atoms. The second kappa shape index (κ2) is 6.17. The molecular weight excluding hydrogens is 270 g/mol. The van der Waals surface area contributed by atoms with E-state index in [1.807, 2.05) is 0 Å². The predicted molar refractivity (Wildman–Crippen MR) is 69.7 cm³/mol. The molecule has 0 aliphatic carbocycles. The lowest BCUT2D eigenvalue weighted by Gasteiger charge is -2.24. The smallest absolute Gasteiger partial charge is 0.324 e. The number of nitrogens with zero attached hydrogens (tertiary/aromatic N) is 1. The van der Waals surface area contributed by atoms with Crippen molar-refractivity contribution < 1.29 is 17.9 Å². The highest BCUT2D eigenvalue weighted by Crippen LogP contribution is 2.22. The van der Waals surface area contributed by atoms with Gasteiger partial charge in [0.15, 0.2) is 0 Å². The number of esters is 1. The molecule has 0 radical (unpaired) electrons. The van der Waals surface area contributed by atoms with Gasteiger partial charge in [-0.25, -0.2) is 0 Å². The lowest BCUT2D eigenvalue weighted by Crippen LogP contribution is -2.50. The average molecular weight is 291 g/mol. The number of nitrogens with one attached hydrogen (secondary N) is 2. The van der Waals surface area contributed by atoms with Gasteiger partial charge in [0.05, 0.1) is 6.61 Å². The van der Waals surface area contributed by atoms with Crippen molar-refractivity contribution in [1.29, 1.82) is 0 Å². The van der Waals surface area contributed by atoms with Crippen molar-refractivity contribution in [2.24, 2.45) is 0 Å². The van der Waals surface area contributed by atoms with Crippen molar-refractivity contribution in [3.63, 3.8) is 0 Å². The molecule has 0 saturated carbocycles. The molecule has 2 rings (SSSR count). The highest BCUT2D eigenvalue weighted by atomic mass is 32.2. The number of carbonyl (C=O) groups excluding carboxylic acids is 1. The van der Waals surface area contributed by atoms with Gasteiger partial charge in [-0.1, -0.05) is 0 Å². The summed E-state index contributed by atoms with van der Waals surface area (Å²) in [6, 6.07) is -0.764. The summed E-state index contributed by atoms with van der Waals surface area (Å²) >= 11 is 0. The third-order valence-corrected chi connectivity index (χ3v) is 5.13. The first-order chi connectivity index (χ1) is 9.04. The molecule has 0 aromatic carbocycles. The number of hydrogen-bond donors (Lipinski definition) is 2. The van der Waals surface area contributed by atoms with E-state index in [0.29, 0.717) is 25.9 Å². The molecule has 0 aromatic rings. The SMILES string of the molecule is CCOC(=O)C1CCCN1S(=O)(=O)N[C@H]1CCNC1. The number of ether oxygens (including phenoxy) is 1. The van der Waals surface area contributed by atoms with Crippen LogP contribution in [0.1, 0.15) is 26.2 Å². The van der Waals surface area contributed by atoms with Crippen molar-refractivity contribution >= 4 is 16.2 Å². The van der Waals surface area contributed by atoms with Crippen molar-refractivity contribution in [2.75, 3.05) is 26.2 Å². The maximum Gasteiger partial charge on any atom is 0.324 e. The maximum atomic E-state index is 12.3. The molecule has 2 aliphatic heterocycles. The van der Waals surface area contributed by atoms with Crippen LogP contribution in [0.2, 0.25) is 0 Å². The maximum absolute atomic E-state index is 12.3. The minimum Gasteiger partial charge on any atom is -0.465 e. The van der Waals surface area contributed by atoms with Crippen LogP contribution in [0.15, 0.2) is 0 Å². The standard InChI is InChI=1S/C11H21N3O4S/c1-2-18-11(15)10-4-3-7-14(10)19(16,17)13-9-5-6-12-8-9/h9-10,12-13H,2-8H2,1H3/t9-,10?/m0/s1. The lowest BCUT2D eigenvalue weighted by molar-refractivity contribution is -0.146. The average Bonchev–Trinajstić information content (AvgIpc) is 2.98. The topological polar surface area (TPSA) is 87.7 Å². The third-order valence-electron chi connectivity index (χ3n) is 3.45. The number of hydrogen-bond acceptors (Lipinski definition) is 5. The largest absolute Gasteiger partial charge is 0.465 e.